The maximum atomic E-state index is 12.8. The topological polar surface area (TPSA) is 83.0 Å². The second-order valence-electron chi connectivity index (χ2n) is 6.07. The Morgan fingerprint density at radius 3 is 2.71 bits per heavy atom. The van der Waals surface area contributed by atoms with Gasteiger partial charge in [-0.15, -0.1) is 0 Å². The number of hydrogen-bond acceptors (Lipinski definition) is 7. The number of carbonyl (C=O) groups is 1. The SMILES string of the molecule is CCN1C(=O)/C(=C\c2nc3oc(-c4ccccc4)nc3s2)C(C)=C(C#N)C1=S. The molecule has 0 radical (unpaired) electrons. The van der Waals surface area contributed by atoms with Gasteiger partial charge in [-0.3, -0.25) is 9.69 Å². The van der Waals surface area contributed by atoms with E-state index < -0.39 is 0 Å². The van der Waals surface area contributed by atoms with E-state index in [2.05, 4.69) is 16.0 Å². The van der Waals surface area contributed by atoms with Gasteiger partial charge in [-0.1, -0.05) is 41.8 Å². The summed E-state index contributed by atoms with van der Waals surface area (Å²) in [6.45, 7) is 3.95. The summed E-state index contributed by atoms with van der Waals surface area (Å²) in [6, 6.07) is 11.7. The van der Waals surface area contributed by atoms with Gasteiger partial charge in [0.25, 0.3) is 11.6 Å². The first-order valence-corrected chi connectivity index (χ1v) is 9.78. The minimum atomic E-state index is -0.228. The summed E-state index contributed by atoms with van der Waals surface area (Å²) in [5.74, 6) is 0.279. The standard InChI is InChI=1S/C20H14N4O2S2/c1-3-24-19(25)13(11(2)14(10-21)20(24)27)9-15-22-17-18(28-15)23-16(26-17)12-7-5-4-6-8-12/h4-9H,3H2,1-2H3/b13-9-. The van der Waals surface area contributed by atoms with Gasteiger partial charge in [0.2, 0.25) is 5.89 Å². The molecule has 2 aromatic heterocycles. The van der Waals surface area contributed by atoms with Gasteiger partial charge in [-0.25, -0.2) is 0 Å². The number of amides is 1. The number of aromatic nitrogens is 2. The molecule has 0 fully saturated rings. The average Bonchev–Trinajstić information content (AvgIpc) is 3.25. The van der Waals surface area contributed by atoms with Gasteiger partial charge < -0.3 is 4.42 Å². The van der Waals surface area contributed by atoms with Crippen LogP contribution in [0.15, 0.2) is 51.5 Å². The van der Waals surface area contributed by atoms with Crippen molar-refractivity contribution in [3.8, 4) is 17.5 Å². The van der Waals surface area contributed by atoms with Crippen LogP contribution in [-0.2, 0) is 4.79 Å². The van der Waals surface area contributed by atoms with Crippen molar-refractivity contribution in [2.75, 3.05) is 6.54 Å². The molecule has 3 heterocycles. The molecule has 1 aromatic carbocycles. The highest BCUT2D eigenvalue weighted by atomic mass is 32.1. The molecule has 0 bridgehead atoms. The molecule has 1 aliphatic rings. The predicted octanol–water partition coefficient (Wildman–Crippen LogP) is 4.36. The van der Waals surface area contributed by atoms with Gasteiger partial charge in [0.15, 0.2) is 4.83 Å². The Bertz CT molecular complexity index is 1180. The van der Waals surface area contributed by atoms with E-state index in [1.54, 1.807) is 13.0 Å². The number of fused-ring (bicyclic) bond motifs is 1. The number of carbonyl (C=O) groups excluding carboxylic acids is 1. The molecule has 3 aromatic rings. The first kappa shape index (κ1) is 18.2. The van der Waals surface area contributed by atoms with Gasteiger partial charge in [-0.05, 0) is 37.6 Å². The maximum Gasteiger partial charge on any atom is 0.259 e. The third kappa shape index (κ3) is 2.95. The Hall–Kier alpha value is -3.15. The van der Waals surface area contributed by atoms with Gasteiger partial charge in [0, 0.05) is 17.7 Å². The van der Waals surface area contributed by atoms with Gasteiger partial charge in [0.05, 0.1) is 5.57 Å². The van der Waals surface area contributed by atoms with Crippen LogP contribution in [-0.4, -0.2) is 32.3 Å². The van der Waals surface area contributed by atoms with E-state index in [9.17, 15) is 10.1 Å². The molecule has 28 heavy (non-hydrogen) atoms. The van der Waals surface area contributed by atoms with Gasteiger partial charge in [-0.2, -0.15) is 15.2 Å². The molecule has 0 aliphatic carbocycles. The minimum Gasteiger partial charge on any atom is -0.417 e. The first-order chi connectivity index (χ1) is 13.5. The Labute approximate surface area is 170 Å². The summed E-state index contributed by atoms with van der Waals surface area (Å²) in [5, 5.41) is 10.0. The summed E-state index contributed by atoms with van der Waals surface area (Å²) in [7, 11) is 0. The Balaban J connectivity index is 1.76. The molecular formula is C20H14N4O2S2. The van der Waals surface area contributed by atoms with Gasteiger partial charge in [0.1, 0.15) is 16.1 Å². The zero-order valence-corrected chi connectivity index (χ0v) is 16.7. The van der Waals surface area contributed by atoms with E-state index in [1.165, 1.54) is 16.2 Å². The van der Waals surface area contributed by atoms with Crippen LogP contribution in [0, 0.1) is 11.3 Å². The smallest absolute Gasteiger partial charge is 0.259 e. The van der Waals surface area contributed by atoms with Crippen molar-refractivity contribution in [3.05, 3.63) is 52.1 Å². The second kappa shape index (κ2) is 7.11. The molecule has 0 saturated carbocycles. The predicted molar refractivity (Wildman–Crippen MR) is 111 cm³/mol. The van der Waals surface area contributed by atoms with Crippen LogP contribution in [0.1, 0.15) is 18.9 Å². The summed E-state index contributed by atoms with van der Waals surface area (Å²) in [5.41, 5.74) is 2.61. The zero-order valence-electron chi connectivity index (χ0n) is 15.1. The number of likely N-dealkylation sites (N-methyl/N-ethyl adjacent to an activating group) is 1. The van der Waals surface area contributed by atoms with Crippen molar-refractivity contribution in [1.82, 2.24) is 14.9 Å². The lowest BCUT2D eigenvalue weighted by molar-refractivity contribution is -0.123. The molecule has 138 valence electrons. The summed E-state index contributed by atoms with van der Waals surface area (Å²) >= 11 is 6.61. The van der Waals surface area contributed by atoms with Crippen LogP contribution in [0.25, 0.3) is 28.1 Å². The van der Waals surface area contributed by atoms with E-state index in [4.69, 9.17) is 16.6 Å². The molecule has 6 nitrogen and oxygen atoms in total. The highest BCUT2D eigenvalue weighted by Gasteiger charge is 2.32. The number of oxazole rings is 1. The molecule has 0 spiro atoms. The summed E-state index contributed by atoms with van der Waals surface area (Å²) < 4.78 is 5.76. The Kier molecular flexibility index (Phi) is 4.63. The van der Waals surface area contributed by atoms with Crippen LogP contribution in [0.2, 0.25) is 0 Å². The summed E-state index contributed by atoms with van der Waals surface area (Å²) in [4.78, 5) is 24.1. The van der Waals surface area contributed by atoms with Gasteiger partial charge >= 0.3 is 0 Å². The van der Waals surface area contributed by atoms with E-state index >= 15 is 0 Å². The molecule has 1 amide bonds. The largest absolute Gasteiger partial charge is 0.417 e. The molecular weight excluding hydrogens is 392 g/mol. The highest BCUT2D eigenvalue weighted by molar-refractivity contribution is 7.80. The molecule has 0 unspecified atom stereocenters. The summed E-state index contributed by atoms with van der Waals surface area (Å²) in [6.07, 6.45) is 1.67. The lowest BCUT2D eigenvalue weighted by Crippen LogP contribution is -2.41. The van der Waals surface area contributed by atoms with E-state index in [1.807, 2.05) is 37.3 Å². The number of thiazole rings is 1. The number of nitriles is 1. The van der Waals surface area contributed by atoms with Crippen LogP contribution in [0.4, 0.5) is 0 Å². The Morgan fingerprint density at radius 1 is 1.32 bits per heavy atom. The number of benzene rings is 1. The van der Waals surface area contributed by atoms with E-state index in [-0.39, 0.29) is 10.9 Å². The molecule has 4 rings (SSSR count). The number of thiocarbonyl (C=S) groups is 1. The van der Waals surface area contributed by atoms with E-state index in [0.717, 1.165) is 5.56 Å². The first-order valence-electron chi connectivity index (χ1n) is 8.55. The lowest BCUT2D eigenvalue weighted by Gasteiger charge is -2.28. The van der Waals surface area contributed by atoms with Crippen LogP contribution >= 0.6 is 23.6 Å². The molecule has 0 N–H and O–H groups in total. The van der Waals surface area contributed by atoms with Crippen molar-refractivity contribution in [3.63, 3.8) is 0 Å². The van der Waals surface area contributed by atoms with Crippen molar-refractivity contribution in [1.29, 1.82) is 5.26 Å². The van der Waals surface area contributed by atoms with Crippen molar-refractivity contribution in [2.24, 2.45) is 0 Å². The van der Waals surface area contributed by atoms with Crippen LogP contribution in [0.5, 0.6) is 0 Å². The normalized spacial score (nSPS) is 16.3. The minimum absolute atomic E-state index is 0.228. The number of nitrogens with zero attached hydrogens (tertiary/aromatic N) is 4. The van der Waals surface area contributed by atoms with Crippen LogP contribution in [0.3, 0.4) is 0 Å². The zero-order chi connectivity index (χ0) is 19.8. The molecule has 0 saturated heterocycles. The van der Waals surface area contributed by atoms with Crippen molar-refractivity contribution >= 4 is 51.1 Å². The van der Waals surface area contributed by atoms with E-state index in [0.29, 0.717) is 44.7 Å². The average molecular weight is 406 g/mol. The fraction of sp³-hybridized carbons (Fsp3) is 0.150. The fourth-order valence-electron chi connectivity index (χ4n) is 2.96. The highest BCUT2D eigenvalue weighted by Crippen LogP contribution is 2.32. The molecule has 0 atom stereocenters. The quantitative estimate of drug-likeness (QED) is 0.475. The third-order valence-corrected chi connectivity index (χ3v) is 5.72. The third-order valence-electron chi connectivity index (χ3n) is 4.42. The maximum absolute atomic E-state index is 12.8. The molecule has 1 aliphatic heterocycles. The lowest BCUT2D eigenvalue weighted by atomic mass is 9.96. The number of hydrogen-bond donors (Lipinski definition) is 0. The monoisotopic (exact) mass is 406 g/mol. The fourth-order valence-corrected chi connectivity index (χ4v) is 4.18. The van der Waals surface area contributed by atoms with Crippen molar-refractivity contribution < 1.29 is 9.21 Å². The number of rotatable bonds is 3. The van der Waals surface area contributed by atoms with Crippen molar-refractivity contribution in [2.45, 2.75) is 13.8 Å². The second-order valence-corrected chi connectivity index (χ2v) is 7.47. The van der Waals surface area contributed by atoms with Crippen LogP contribution < -0.4 is 0 Å². The Morgan fingerprint density at radius 2 is 2.07 bits per heavy atom. The molecule has 8 heteroatoms.